The second-order valence-electron chi connectivity index (χ2n) is 9.34. The third-order valence-electron chi connectivity index (χ3n) is 6.85. The second-order valence-corrected chi connectivity index (χ2v) is 11.3. The minimum absolute atomic E-state index is 0.132. The van der Waals surface area contributed by atoms with Gasteiger partial charge < -0.3 is 26.0 Å². The van der Waals surface area contributed by atoms with Crippen molar-refractivity contribution in [1.82, 2.24) is 14.3 Å². The number of halogens is 2. The number of nitrogens with one attached hydrogen (secondary N) is 3. The van der Waals surface area contributed by atoms with Gasteiger partial charge in [-0.05, 0) is 44.2 Å². The van der Waals surface area contributed by atoms with E-state index in [4.69, 9.17) is 4.98 Å². The van der Waals surface area contributed by atoms with Gasteiger partial charge in [0.2, 0.25) is 16.0 Å². The fourth-order valence-electron chi connectivity index (χ4n) is 4.98. The van der Waals surface area contributed by atoms with Crippen molar-refractivity contribution in [2.75, 3.05) is 40.2 Å². The van der Waals surface area contributed by atoms with Gasteiger partial charge in [0.1, 0.15) is 17.3 Å². The number of aliphatic hydroxyl groups excluding tert-OH is 1. The van der Waals surface area contributed by atoms with Gasteiger partial charge in [0, 0.05) is 25.2 Å². The number of anilines is 4. The van der Waals surface area contributed by atoms with Crippen LogP contribution >= 0.6 is 0 Å². The molecule has 190 valence electrons. The molecular formula is C22H29F2N7O3S. The van der Waals surface area contributed by atoms with Crippen molar-refractivity contribution in [2.45, 2.75) is 56.6 Å². The van der Waals surface area contributed by atoms with Crippen LogP contribution < -0.4 is 20.9 Å². The first-order chi connectivity index (χ1) is 16.7. The fraction of sp³-hybridized carbons (Fsp3) is 0.545. The van der Waals surface area contributed by atoms with Crippen LogP contribution in [0.25, 0.3) is 0 Å². The number of fused-ring (bicyclic) bond motifs is 1. The number of aromatic nitrogens is 2. The Hall–Kier alpha value is -2.77. The zero-order valence-corrected chi connectivity index (χ0v) is 20.1. The van der Waals surface area contributed by atoms with E-state index in [-0.39, 0.29) is 30.4 Å². The molecule has 2 aromatic rings. The van der Waals surface area contributed by atoms with E-state index in [1.54, 1.807) is 6.20 Å². The van der Waals surface area contributed by atoms with Crippen molar-refractivity contribution in [3.05, 3.63) is 36.0 Å². The van der Waals surface area contributed by atoms with Gasteiger partial charge in [0.15, 0.2) is 12.1 Å². The maximum Gasteiger partial charge on any atom is 0.224 e. The van der Waals surface area contributed by atoms with Gasteiger partial charge in [-0.2, -0.15) is 4.98 Å². The minimum atomic E-state index is -3.38. The maximum atomic E-state index is 14.4. The van der Waals surface area contributed by atoms with E-state index < -0.39 is 27.9 Å². The van der Waals surface area contributed by atoms with Crippen molar-refractivity contribution in [3.63, 3.8) is 0 Å². The molecular weight excluding hydrogens is 480 g/mol. The predicted octanol–water partition coefficient (Wildman–Crippen LogP) is 2.13. The van der Waals surface area contributed by atoms with Crippen LogP contribution in [-0.2, 0) is 10.0 Å². The largest absolute Gasteiger partial charge is 0.393 e. The fourth-order valence-corrected chi connectivity index (χ4v) is 5.86. The average molecular weight is 510 g/mol. The molecule has 2 atom stereocenters. The molecule has 2 aliphatic heterocycles. The number of rotatable bonds is 6. The highest BCUT2D eigenvalue weighted by molar-refractivity contribution is 7.88. The van der Waals surface area contributed by atoms with Crippen LogP contribution in [0.5, 0.6) is 0 Å². The summed E-state index contributed by atoms with van der Waals surface area (Å²) in [6, 6.07) is 3.48. The number of para-hydroxylation sites is 1. The highest BCUT2D eigenvalue weighted by Gasteiger charge is 2.41. The molecule has 1 unspecified atom stereocenters. The quantitative estimate of drug-likeness (QED) is 0.464. The van der Waals surface area contributed by atoms with Gasteiger partial charge >= 0.3 is 0 Å². The topological polar surface area (TPSA) is 123 Å². The van der Waals surface area contributed by atoms with Crippen LogP contribution in [0, 0.1) is 11.6 Å². The second kappa shape index (κ2) is 9.36. The Balaban J connectivity index is 1.43. The van der Waals surface area contributed by atoms with Gasteiger partial charge in [0.25, 0.3) is 0 Å². The average Bonchev–Trinajstić information content (AvgIpc) is 3.42. The molecule has 3 aliphatic rings. The zero-order valence-electron chi connectivity index (χ0n) is 19.3. The predicted molar refractivity (Wildman–Crippen MR) is 129 cm³/mol. The molecule has 1 saturated heterocycles. The summed E-state index contributed by atoms with van der Waals surface area (Å²) in [5, 5.41) is 19.2. The van der Waals surface area contributed by atoms with Crippen LogP contribution in [-0.4, -0.2) is 71.6 Å². The van der Waals surface area contributed by atoms with E-state index in [2.05, 4.69) is 20.9 Å². The van der Waals surface area contributed by atoms with Gasteiger partial charge in [-0.15, -0.1) is 0 Å². The first-order valence-electron chi connectivity index (χ1n) is 11.7. The van der Waals surface area contributed by atoms with E-state index in [0.717, 1.165) is 12.8 Å². The van der Waals surface area contributed by atoms with Gasteiger partial charge in [-0.1, -0.05) is 6.07 Å². The van der Waals surface area contributed by atoms with Gasteiger partial charge in [-0.3, -0.25) is 0 Å². The number of sulfonamides is 1. The molecule has 1 aliphatic carbocycles. The monoisotopic (exact) mass is 509 g/mol. The molecule has 3 heterocycles. The lowest BCUT2D eigenvalue weighted by atomic mass is 9.93. The Kier molecular flexibility index (Phi) is 6.40. The van der Waals surface area contributed by atoms with E-state index >= 15 is 0 Å². The highest BCUT2D eigenvalue weighted by atomic mass is 32.2. The molecule has 0 spiro atoms. The number of aliphatic hydroxyl groups is 1. The van der Waals surface area contributed by atoms with Crippen molar-refractivity contribution >= 4 is 33.2 Å². The lowest BCUT2D eigenvalue weighted by Gasteiger charge is -2.33. The summed E-state index contributed by atoms with van der Waals surface area (Å²) in [4.78, 5) is 10.9. The molecule has 1 saturated carbocycles. The third-order valence-corrected chi connectivity index (χ3v) is 8.12. The van der Waals surface area contributed by atoms with Crippen molar-refractivity contribution in [2.24, 2.45) is 0 Å². The minimum Gasteiger partial charge on any atom is -0.393 e. The van der Waals surface area contributed by atoms with Crippen LogP contribution in [0.1, 0.15) is 32.1 Å². The Morgan fingerprint density at radius 2 is 1.83 bits per heavy atom. The normalized spacial score (nSPS) is 26.9. The van der Waals surface area contributed by atoms with E-state index in [1.165, 1.54) is 28.8 Å². The van der Waals surface area contributed by atoms with Crippen LogP contribution in [0.15, 0.2) is 24.4 Å². The van der Waals surface area contributed by atoms with Crippen LogP contribution in [0.3, 0.4) is 0 Å². The Bertz CT molecular complexity index is 1170. The van der Waals surface area contributed by atoms with Gasteiger partial charge in [-0.25, -0.2) is 26.5 Å². The molecule has 2 fully saturated rings. The molecule has 1 aromatic carbocycles. The van der Waals surface area contributed by atoms with Crippen LogP contribution in [0.2, 0.25) is 0 Å². The molecule has 13 heteroatoms. The SMILES string of the molecule is CS(=O)(=O)N1CC[C@@H](N2c3nc(N[C@H]4CC[C@H](O)CC4)ncc3NC2Nc2c(F)cccc2F)C1. The summed E-state index contributed by atoms with van der Waals surface area (Å²) in [5.41, 5.74) is 0.287. The smallest absolute Gasteiger partial charge is 0.224 e. The molecule has 35 heavy (non-hydrogen) atoms. The molecule has 5 rings (SSSR count). The lowest BCUT2D eigenvalue weighted by molar-refractivity contribution is 0.126. The Morgan fingerprint density at radius 1 is 1.11 bits per heavy atom. The summed E-state index contributed by atoms with van der Waals surface area (Å²) in [6.45, 7) is 0.571. The number of nitrogens with zero attached hydrogens (tertiary/aromatic N) is 4. The standard InChI is InChI=1S/C22H29F2N7O3S/c1-35(33,34)30-10-9-14(12-30)31-20-18(27-22(31)28-19-16(23)3-2-4-17(19)24)11-25-21(29-20)26-13-5-7-15(32)8-6-13/h2-4,11,13-15,22,27-28,32H,5-10,12H2,1H3,(H,25,26,29)/t13-,14-,15-,22?/m1/s1. The molecule has 0 amide bonds. The zero-order chi connectivity index (χ0) is 24.7. The highest BCUT2D eigenvalue weighted by Crippen LogP contribution is 2.38. The summed E-state index contributed by atoms with van der Waals surface area (Å²) >= 11 is 0. The molecule has 4 N–H and O–H groups in total. The Morgan fingerprint density at radius 3 is 2.49 bits per heavy atom. The molecule has 0 bridgehead atoms. The van der Waals surface area contributed by atoms with Crippen LogP contribution in [0.4, 0.5) is 31.9 Å². The Labute approximate surface area is 202 Å². The summed E-state index contributed by atoms with van der Waals surface area (Å²) < 4.78 is 54.5. The van der Waals surface area contributed by atoms with E-state index in [0.29, 0.717) is 43.3 Å². The lowest BCUT2D eigenvalue weighted by Crippen LogP contribution is -2.49. The van der Waals surface area contributed by atoms with Crippen molar-refractivity contribution < 1.29 is 22.3 Å². The van der Waals surface area contributed by atoms with Gasteiger partial charge in [0.05, 0.1) is 24.2 Å². The van der Waals surface area contributed by atoms with Crippen molar-refractivity contribution in [3.8, 4) is 0 Å². The summed E-state index contributed by atoms with van der Waals surface area (Å²) in [7, 11) is -3.38. The van der Waals surface area contributed by atoms with E-state index in [1.807, 2.05) is 4.90 Å². The summed E-state index contributed by atoms with van der Waals surface area (Å²) in [5.74, 6) is -0.541. The number of hydrogen-bond donors (Lipinski definition) is 4. The molecule has 0 radical (unpaired) electrons. The first kappa shape index (κ1) is 23.9. The number of hydrogen-bond acceptors (Lipinski definition) is 9. The van der Waals surface area contributed by atoms with E-state index in [9.17, 15) is 22.3 Å². The molecule has 10 nitrogen and oxygen atoms in total. The first-order valence-corrected chi connectivity index (χ1v) is 13.6. The maximum absolute atomic E-state index is 14.4. The summed E-state index contributed by atoms with van der Waals surface area (Å²) in [6.07, 6.45) is 5.27. The number of benzene rings is 1. The third kappa shape index (κ3) is 4.98. The van der Waals surface area contributed by atoms with Crippen molar-refractivity contribution in [1.29, 1.82) is 0 Å². The molecule has 1 aromatic heterocycles.